The van der Waals surface area contributed by atoms with Gasteiger partial charge in [-0.1, -0.05) is 79.7 Å². The van der Waals surface area contributed by atoms with Crippen LogP contribution in [-0.2, 0) is 16.0 Å². The first-order chi connectivity index (χ1) is 14.3. The standard InChI is InChI=1S/C23H26Cl2N2O2S/c1-23(10-6-3-7-11-23)22(29)27-19-13-16(24)17(25)14-20(19)30-21(28)18(26)12-15-8-4-2-5-9-15/h2,4-5,8-9,13-14,18H,3,6-7,10-12,26H2,1H3,(H,27,29). The van der Waals surface area contributed by atoms with Gasteiger partial charge in [0.05, 0.1) is 21.8 Å². The van der Waals surface area contributed by atoms with Gasteiger partial charge >= 0.3 is 0 Å². The highest BCUT2D eigenvalue weighted by Gasteiger charge is 2.35. The molecule has 1 saturated carbocycles. The Morgan fingerprint density at radius 2 is 1.73 bits per heavy atom. The zero-order valence-electron chi connectivity index (χ0n) is 16.9. The maximum absolute atomic E-state index is 13.0. The lowest BCUT2D eigenvalue weighted by Gasteiger charge is -2.32. The number of amides is 1. The summed E-state index contributed by atoms with van der Waals surface area (Å²) in [6.07, 6.45) is 5.38. The molecule has 30 heavy (non-hydrogen) atoms. The molecule has 3 N–H and O–H groups in total. The predicted molar refractivity (Wildman–Crippen MR) is 125 cm³/mol. The van der Waals surface area contributed by atoms with E-state index in [1.807, 2.05) is 37.3 Å². The minimum Gasteiger partial charge on any atom is -0.325 e. The van der Waals surface area contributed by atoms with E-state index in [0.717, 1.165) is 49.4 Å². The predicted octanol–water partition coefficient (Wildman–Crippen LogP) is 6.09. The molecular formula is C23H26Cl2N2O2S. The number of carbonyl (C=O) groups excluding carboxylic acids is 2. The third-order valence-corrected chi connectivity index (χ3v) is 7.37. The van der Waals surface area contributed by atoms with Crippen molar-refractivity contribution < 1.29 is 9.59 Å². The second-order valence-corrected chi connectivity index (χ2v) is 9.92. The molecule has 0 saturated heterocycles. The Kier molecular flexibility index (Phi) is 7.86. The number of nitrogens with two attached hydrogens (primary N) is 1. The minimum atomic E-state index is -0.675. The van der Waals surface area contributed by atoms with Gasteiger partial charge in [-0.05, 0) is 48.7 Å². The Labute approximate surface area is 191 Å². The fourth-order valence-electron chi connectivity index (χ4n) is 3.68. The Bertz CT molecular complexity index is 915. The molecule has 3 rings (SSSR count). The van der Waals surface area contributed by atoms with Crippen molar-refractivity contribution in [1.29, 1.82) is 0 Å². The first kappa shape index (κ1) is 23.1. The number of nitrogens with one attached hydrogen (secondary N) is 1. The molecule has 1 atom stereocenters. The van der Waals surface area contributed by atoms with Crippen molar-refractivity contribution in [3.8, 4) is 0 Å². The van der Waals surface area contributed by atoms with Crippen LogP contribution >= 0.6 is 35.0 Å². The van der Waals surface area contributed by atoms with Gasteiger partial charge in [-0.15, -0.1) is 0 Å². The van der Waals surface area contributed by atoms with Crippen LogP contribution in [0.3, 0.4) is 0 Å². The van der Waals surface area contributed by atoms with Gasteiger partial charge in [0.1, 0.15) is 0 Å². The number of thioether (sulfide) groups is 1. The van der Waals surface area contributed by atoms with Crippen LogP contribution in [0.4, 0.5) is 5.69 Å². The van der Waals surface area contributed by atoms with E-state index in [1.54, 1.807) is 12.1 Å². The molecule has 7 heteroatoms. The number of hydrogen-bond donors (Lipinski definition) is 2. The molecule has 0 radical (unpaired) electrons. The molecule has 4 nitrogen and oxygen atoms in total. The molecule has 1 unspecified atom stereocenters. The smallest absolute Gasteiger partial charge is 0.230 e. The maximum Gasteiger partial charge on any atom is 0.230 e. The summed E-state index contributed by atoms with van der Waals surface area (Å²) in [7, 11) is 0. The molecule has 0 aliphatic heterocycles. The van der Waals surface area contributed by atoms with E-state index in [4.69, 9.17) is 28.9 Å². The molecule has 0 heterocycles. The lowest BCUT2D eigenvalue weighted by molar-refractivity contribution is -0.126. The molecule has 1 aliphatic rings. The molecule has 2 aromatic rings. The summed E-state index contributed by atoms with van der Waals surface area (Å²) in [5.74, 6) is -0.0523. The van der Waals surface area contributed by atoms with Crippen LogP contribution in [0.1, 0.15) is 44.6 Å². The number of rotatable bonds is 6. The fourth-order valence-corrected chi connectivity index (χ4v) is 4.92. The SMILES string of the molecule is CC1(C(=O)Nc2cc(Cl)c(Cl)cc2SC(=O)C(N)Cc2ccccc2)CCCCC1. The zero-order chi connectivity index (χ0) is 21.7. The van der Waals surface area contributed by atoms with E-state index in [9.17, 15) is 9.59 Å². The molecule has 160 valence electrons. The van der Waals surface area contributed by atoms with Crippen LogP contribution in [0.5, 0.6) is 0 Å². The second kappa shape index (κ2) is 10.2. The quantitative estimate of drug-likeness (QED) is 0.507. The Morgan fingerprint density at radius 1 is 1.10 bits per heavy atom. The Balaban J connectivity index is 1.76. The van der Waals surface area contributed by atoms with E-state index >= 15 is 0 Å². The van der Waals surface area contributed by atoms with E-state index in [0.29, 0.717) is 27.0 Å². The van der Waals surface area contributed by atoms with Crippen LogP contribution in [0.25, 0.3) is 0 Å². The van der Waals surface area contributed by atoms with Crippen molar-refractivity contribution in [3.05, 3.63) is 58.1 Å². The fraction of sp³-hybridized carbons (Fsp3) is 0.391. The molecule has 2 aromatic carbocycles. The minimum absolute atomic E-state index is 0.0523. The summed E-state index contributed by atoms with van der Waals surface area (Å²) in [6, 6.07) is 12.2. The highest BCUT2D eigenvalue weighted by molar-refractivity contribution is 8.14. The Hall–Kier alpha value is -1.53. The molecule has 1 fully saturated rings. The summed E-state index contributed by atoms with van der Waals surface area (Å²) in [6.45, 7) is 1.99. The van der Waals surface area contributed by atoms with Gasteiger partial charge in [0.15, 0.2) is 0 Å². The normalized spacial score (nSPS) is 16.7. The first-order valence-electron chi connectivity index (χ1n) is 10.1. The molecule has 1 aliphatic carbocycles. The summed E-state index contributed by atoms with van der Waals surface area (Å²) in [5, 5.41) is 3.44. The molecule has 1 amide bonds. The lowest BCUT2D eigenvalue weighted by atomic mass is 9.75. The van der Waals surface area contributed by atoms with Gasteiger partial charge in [0.25, 0.3) is 0 Å². The van der Waals surface area contributed by atoms with Crippen LogP contribution in [-0.4, -0.2) is 17.1 Å². The second-order valence-electron chi connectivity index (χ2n) is 8.06. The van der Waals surface area contributed by atoms with Gasteiger partial charge in [-0.2, -0.15) is 0 Å². The van der Waals surface area contributed by atoms with E-state index in [2.05, 4.69) is 5.32 Å². The average Bonchev–Trinajstić information content (AvgIpc) is 2.72. The largest absolute Gasteiger partial charge is 0.325 e. The molecule has 0 spiro atoms. The summed E-state index contributed by atoms with van der Waals surface area (Å²) in [5.41, 5.74) is 7.21. The number of carbonyl (C=O) groups is 2. The van der Waals surface area contributed by atoms with Gasteiger partial charge < -0.3 is 11.1 Å². The van der Waals surface area contributed by atoms with E-state index in [1.165, 1.54) is 0 Å². The third kappa shape index (κ3) is 5.79. The van der Waals surface area contributed by atoms with E-state index in [-0.39, 0.29) is 11.0 Å². The van der Waals surface area contributed by atoms with Crippen molar-refractivity contribution in [2.45, 2.75) is 56.4 Å². The Morgan fingerprint density at radius 3 is 2.40 bits per heavy atom. The van der Waals surface area contributed by atoms with E-state index < -0.39 is 11.5 Å². The van der Waals surface area contributed by atoms with Gasteiger partial charge in [-0.25, -0.2) is 0 Å². The number of anilines is 1. The van der Waals surface area contributed by atoms with Gasteiger partial charge in [0, 0.05) is 10.3 Å². The first-order valence-corrected chi connectivity index (χ1v) is 11.7. The van der Waals surface area contributed by atoms with Gasteiger partial charge in [-0.3, -0.25) is 9.59 Å². The van der Waals surface area contributed by atoms with Crippen LogP contribution in [0, 0.1) is 5.41 Å². The van der Waals surface area contributed by atoms with Crippen molar-refractivity contribution in [1.82, 2.24) is 0 Å². The summed E-state index contributed by atoms with van der Waals surface area (Å²) in [4.78, 5) is 26.3. The number of hydrogen-bond acceptors (Lipinski definition) is 4. The monoisotopic (exact) mass is 464 g/mol. The highest BCUT2D eigenvalue weighted by Crippen LogP contribution is 2.40. The molecule has 0 aromatic heterocycles. The molecular weight excluding hydrogens is 439 g/mol. The average molecular weight is 465 g/mol. The third-order valence-electron chi connectivity index (χ3n) is 5.59. The highest BCUT2D eigenvalue weighted by atomic mass is 35.5. The van der Waals surface area contributed by atoms with Gasteiger partial charge in [0.2, 0.25) is 11.0 Å². The number of halogens is 2. The topological polar surface area (TPSA) is 72.2 Å². The van der Waals surface area contributed by atoms with Crippen LogP contribution in [0.2, 0.25) is 10.0 Å². The number of benzene rings is 2. The van der Waals surface area contributed by atoms with Crippen LogP contribution < -0.4 is 11.1 Å². The van der Waals surface area contributed by atoms with Crippen molar-refractivity contribution in [2.75, 3.05) is 5.32 Å². The van der Waals surface area contributed by atoms with Crippen molar-refractivity contribution in [2.24, 2.45) is 11.1 Å². The lowest BCUT2D eigenvalue weighted by Crippen LogP contribution is -2.35. The molecule has 0 bridgehead atoms. The summed E-state index contributed by atoms with van der Waals surface area (Å²) < 4.78 is 0. The van der Waals surface area contributed by atoms with Crippen LogP contribution in [0.15, 0.2) is 47.4 Å². The maximum atomic E-state index is 13.0. The zero-order valence-corrected chi connectivity index (χ0v) is 19.2. The van der Waals surface area contributed by atoms with Crippen molar-refractivity contribution in [3.63, 3.8) is 0 Å². The van der Waals surface area contributed by atoms with Crippen molar-refractivity contribution >= 4 is 51.7 Å². The summed E-state index contributed by atoms with van der Waals surface area (Å²) >= 11 is 13.4.